The van der Waals surface area contributed by atoms with Gasteiger partial charge in [-0.15, -0.1) is 0 Å². The van der Waals surface area contributed by atoms with E-state index in [0.717, 1.165) is 12.8 Å². The van der Waals surface area contributed by atoms with E-state index in [2.05, 4.69) is 19.1 Å². The van der Waals surface area contributed by atoms with E-state index in [1.807, 2.05) is 20.8 Å². The molecule has 0 radical (unpaired) electrons. The average Bonchev–Trinajstić information content (AvgIpc) is 2.26. The molecule has 0 saturated carbocycles. The molecule has 0 amide bonds. The molecule has 106 valence electrons. The van der Waals surface area contributed by atoms with Crippen molar-refractivity contribution in [3.05, 3.63) is 12.2 Å². The average molecular weight is 254 g/mol. The molecule has 1 N–H and O–H groups in total. The van der Waals surface area contributed by atoms with Gasteiger partial charge in [-0.05, 0) is 25.7 Å². The van der Waals surface area contributed by atoms with Gasteiger partial charge in [0.05, 0.1) is 6.10 Å². The normalized spacial score (nSPS) is 14.1. The van der Waals surface area contributed by atoms with Crippen LogP contribution in [-0.4, -0.2) is 17.0 Å². The summed E-state index contributed by atoms with van der Waals surface area (Å²) in [5.41, 5.74) is -0.336. The highest BCUT2D eigenvalue weighted by atomic mass is 16.3. The first kappa shape index (κ1) is 17.4. The first-order chi connectivity index (χ1) is 8.38. The van der Waals surface area contributed by atoms with Gasteiger partial charge in [0.2, 0.25) is 0 Å². The van der Waals surface area contributed by atoms with E-state index < -0.39 is 6.10 Å². The van der Waals surface area contributed by atoms with Crippen molar-refractivity contribution in [2.75, 3.05) is 0 Å². The molecule has 0 aromatic heterocycles. The Morgan fingerprint density at radius 1 is 1.17 bits per heavy atom. The molecule has 0 bridgehead atoms. The second-order valence-corrected chi connectivity index (χ2v) is 6.08. The molecule has 18 heavy (non-hydrogen) atoms. The van der Waals surface area contributed by atoms with Gasteiger partial charge in [-0.2, -0.15) is 0 Å². The molecule has 0 spiro atoms. The highest BCUT2D eigenvalue weighted by Crippen LogP contribution is 2.19. The van der Waals surface area contributed by atoms with Crippen LogP contribution in [0.15, 0.2) is 12.2 Å². The molecular formula is C16H30O2. The Morgan fingerprint density at radius 2 is 1.78 bits per heavy atom. The zero-order valence-electron chi connectivity index (χ0n) is 12.5. The number of unbranched alkanes of at least 4 members (excludes halogenated alkanes) is 3. The van der Waals surface area contributed by atoms with Gasteiger partial charge >= 0.3 is 0 Å². The molecule has 0 heterocycles. The van der Waals surface area contributed by atoms with Crippen LogP contribution >= 0.6 is 0 Å². The van der Waals surface area contributed by atoms with Crippen LogP contribution in [-0.2, 0) is 4.79 Å². The summed E-state index contributed by atoms with van der Waals surface area (Å²) in [7, 11) is 0. The molecule has 0 aromatic carbocycles. The Labute approximate surface area is 112 Å². The lowest BCUT2D eigenvalue weighted by Crippen LogP contribution is -2.25. The smallest absolute Gasteiger partial charge is 0.140 e. The molecule has 0 rings (SSSR count). The van der Waals surface area contributed by atoms with Crippen molar-refractivity contribution in [2.24, 2.45) is 5.41 Å². The van der Waals surface area contributed by atoms with Gasteiger partial charge in [0.15, 0.2) is 0 Å². The Morgan fingerprint density at radius 3 is 2.33 bits per heavy atom. The minimum absolute atomic E-state index is 0.141. The number of Topliss-reactive ketones (excluding diaryl/α,β-unsaturated/α-hetero) is 1. The Bertz CT molecular complexity index is 248. The minimum atomic E-state index is -0.489. The Kier molecular flexibility index (Phi) is 8.99. The van der Waals surface area contributed by atoms with Crippen molar-refractivity contribution in [3.8, 4) is 0 Å². The molecule has 0 aliphatic rings. The lowest BCUT2D eigenvalue weighted by Gasteiger charge is -2.18. The monoisotopic (exact) mass is 254 g/mol. The third kappa shape index (κ3) is 9.41. The van der Waals surface area contributed by atoms with E-state index in [-0.39, 0.29) is 17.6 Å². The second kappa shape index (κ2) is 9.32. The SMILES string of the molecule is CCCCC/C=C/CCC(O)CC(=O)C(C)(C)C. The first-order valence-electron chi connectivity index (χ1n) is 7.24. The molecule has 0 aliphatic heterocycles. The first-order valence-corrected chi connectivity index (χ1v) is 7.24. The highest BCUT2D eigenvalue weighted by Gasteiger charge is 2.23. The molecule has 1 atom stereocenters. The van der Waals surface area contributed by atoms with Gasteiger partial charge < -0.3 is 5.11 Å². The van der Waals surface area contributed by atoms with Crippen LogP contribution in [0.2, 0.25) is 0 Å². The van der Waals surface area contributed by atoms with E-state index in [4.69, 9.17) is 0 Å². The summed E-state index contributed by atoms with van der Waals surface area (Å²) in [5.74, 6) is 0.141. The fourth-order valence-corrected chi connectivity index (χ4v) is 1.66. The van der Waals surface area contributed by atoms with Gasteiger partial charge in [0.25, 0.3) is 0 Å². The lowest BCUT2D eigenvalue weighted by atomic mass is 9.87. The topological polar surface area (TPSA) is 37.3 Å². The maximum Gasteiger partial charge on any atom is 0.140 e. The van der Waals surface area contributed by atoms with E-state index in [0.29, 0.717) is 6.42 Å². The summed E-state index contributed by atoms with van der Waals surface area (Å²) < 4.78 is 0. The summed E-state index contributed by atoms with van der Waals surface area (Å²) in [4.78, 5) is 11.7. The lowest BCUT2D eigenvalue weighted by molar-refractivity contribution is -0.128. The van der Waals surface area contributed by atoms with Gasteiger partial charge in [-0.3, -0.25) is 4.79 Å². The van der Waals surface area contributed by atoms with Gasteiger partial charge in [-0.25, -0.2) is 0 Å². The summed E-state index contributed by atoms with van der Waals surface area (Å²) >= 11 is 0. The molecule has 0 saturated heterocycles. The van der Waals surface area contributed by atoms with Crippen molar-refractivity contribution in [3.63, 3.8) is 0 Å². The van der Waals surface area contributed by atoms with Crippen LogP contribution < -0.4 is 0 Å². The minimum Gasteiger partial charge on any atom is -0.393 e. The predicted octanol–water partition coefficient (Wildman–Crippen LogP) is 4.27. The van der Waals surface area contributed by atoms with Crippen LogP contribution in [0.4, 0.5) is 0 Å². The molecule has 1 unspecified atom stereocenters. The van der Waals surface area contributed by atoms with Crippen molar-refractivity contribution >= 4 is 5.78 Å². The summed E-state index contributed by atoms with van der Waals surface area (Å²) in [5, 5.41) is 9.77. The standard InChI is InChI=1S/C16H30O2/c1-5-6-7-8-9-10-11-12-14(17)13-15(18)16(2,3)4/h9-10,14,17H,5-8,11-13H2,1-4H3/b10-9+. The maximum absolute atomic E-state index is 11.7. The van der Waals surface area contributed by atoms with E-state index in [1.165, 1.54) is 19.3 Å². The molecule has 0 aliphatic carbocycles. The Hall–Kier alpha value is -0.630. The zero-order valence-corrected chi connectivity index (χ0v) is 12.5. The number of rotatable bonds is 9. The third-order valence-electron chi connectivity index (χ3n) is 3.07. The zero-order chi connectivity index (χ0) is 14.0. The predicted molar refractivity (Wildman–Crippen MR) is 77.6 cm³/mol. The highest BCUT2D eigenvalue weighted by molar-refractivity contribution is 5.83. The van der Waals surface area contributed by atoms with Crippen LogP contribution in [0.5, 0.6) is 0 Å². The fraction of sp³-hybridized carbons (Fsp3) is 0.812. The van der Waals surface area contributed by atoms with Crippen molar-refractivity contribution < 1.29 is 9.90 Å². The van der Waals surface area contributed by atoms with Crippen LogP contribution in [0.1, 0.15) is 72.6 Å². The number of ketones is 1. The second-order valence-electron chi connectivity index (χ2n) is 6.08. The number of carbonyl (C=O) groups is 1. The number of aliphatic hydroxyl groups excluding tert-OH is 1. The maximum atomic E-state index is 11.7. The number of hydrogen-bond acceptors (Lipinski definition) is 2. The number of allylic oxidation sites excluding steroid dienone is 2. The van der Waals surface area contributed by atoms with Crippen molar-refractivity contribution in [1.82, 2.24) is 0 Å². The van der Waals surface area contributed by atoms with Gasteiger partial charge in [0.1, 0.15) is 5.78 Å². The molecule has 2 nitrogen and oxygen atoms in total. The van der Waals surface area contributed by atoms with Crippen LogP contribution in [0.3, 0.4) is 0 Å². The summed E-state index contributed by atoms with van der Waals surface area (Å²) in [6.07, 6.45) is 10.6. The van der Waals surface area contributed by atoms with Crippen LogP contribution in [0, 0.1) is 5.41 Å². The van der Waals surface area contributed by atoms with E-state index in [9.17, 15) is 9.90 Å². The number of carbonyl (C=O) groups excluding carboxylic acids is 1. The summed E-state index contributed by atoms with van der Waals surface area (Å²) in [6, 6.07) is 0. The quantitative estimate of drug-likeness (QED) is 0.493. The molecule has 2 heteroatoms. The Balaban J connectivity index is 3.65. The molecular weight excluding hydrogens is 224 g/mol. The van der Waals surface area contributed by atoms with Crippen molar-refractivity contribution in [1.29, 1.82) is 0 Å². The summed E-state index contributed by atoms with van der Waals surface area (Å²) in [6.45, 7) is 7.90. The molecule has 0 fully saturated rings. The number of hydrogen-bond donors (Lipinski definition) is 1. The van der Waals surface area contributed by atoms with E-state index >= 15 is 0 Å². The number of aliphatic hydroxyl groups is 1. The molecule has 0 aromatic rings. The van der Waals surface area contributed by atoms with Crippen LogP contribution in [0.25, 0.3) is 0 Å². The fourth-order valence-electron chi connectivity index (χ4n) is 1.66. The van der Waals surface area contributed by atoms with Gasteiger partial charge in [-0.1, -0.05) is 52.7 Å². The largest absolute Gasteiger partial charge is 0.393 e. The third-order valence-corrected chi connectivity index (χ3v) is 3.07. The van der Waals surface area contributed by atoms with Gasteiger partial charge in [0, 0.05) is 11.8 Å². The van der Waals surface area contributed by atoms with E-state index in [1.54, 1.807) is 0 Å². The van der Waals surface area contributed by atoms with Crippen molar-refractivity contribution in [2.45, 2.75) is 78.7 Å².